The van der Waals surface area contributed by atoms with Crippen LogP contribution in [0.1, 0.15) is 135 Å². The molecule has 0 atom stereocenters. The van der Waals surface area contributed by atoms with Gasteiger partial charge in [0.05, 0.1) is 0 Å². The van der Waals surface area contributed by atoms with Crippen molar-refractivity contribution in [2.45, 2.75) is 135 Å². The molecule has 0 aliphatic heterocycles. The van der Waals surface area contributed by atoms with Crippen LogP contribution in [0.15, 0.2) is 0 Å². The van der Waals surface area contributed by atoms with E-state index in [9.17, 15) is 4.79 Å². The fourth-order valence-corrected chi connectivity index (χ4v) is 3.25. The molecule has 0 amide bonds. The highest BCUT2D eigenvalue weighted by atomic mass is 16.4. The molecule has 2 nitrogen and oxygen atoms in total. The number of rotatable bonds is 19. The van der Waals surface area contributed by atoms with Gasteiger partial charge in [-0.05, 0) is 19.3 Å². The molecule has 0 fully saturated rings. The molecule has 0 saturated heterocycles. The molecule has 2 heteroatoms. The van der Waals surface area contributed by atoms with Crippen LogP contribution in [-0.2, 0) is 4.79 Å². The van der Waals surface area contributed by atoms with Crippen molar-refractivity contribution in [3.63, 3.8) is 0 Å². The molecule has 0 aliphatic carbocycles. The number of unbranched alkanes of at least 4 members (excludes halogenated alkanes) is 17. The summed E-state index contributed by atoms with van der Waals surface area (Å²) in [7, 11) is 0. The molecule has 1 N–H and O–H groups in total. The highest BCUT2D eigenvalue weighted by molar-refractivity contribution is 5.66. The molecule has 0 unspecified atom stereocenters. The maximum Gasteiger partial charge on any atom is 0.303 e. The number of hydrogen-bond donors (Lipinski definition) is 1. The third-order valence-electron chi connectivity index (χ3n) is 4.97. The molecule has 0 rings (SSSR count). The Labute approximate surface area is 163 Å². The maximum absolute atomic E-state index is 10.4. The van der Waals surface area contributed by atoms with Gasteiger partial charge in [-0.1, -0.05) is 96.8 Å². The molecule has 0 spiro atoms. The van der Waals surface area contributed by atoms with Crippen LogP contribution < -0.4 is 0 Å². The van der Waals surface area contributed by atoms with Gasteiger partial charge in [-0.2, -0.15) is 0 Å². The second-order valence-corrected chi connectivity index (χ2v) is 7.65. The van der Waals surface area contributed by atoms with Gasteiger partial charge in [0, 0.05) is 19.3 Å². The second-order valence-electron chi connectivity index (χ2n) is 7.65. The van der Waals surface area contributed by atoms with Crippen molar-refractivity contribution < 1.29 is 9.90 Å². The molecular weight excluding hydrogens is 320 g/mol. The van der Waals surface area contributed by atoms with Gasteiger partial charge < -0.3 is 5.11 Å². The lowest BCUT2D eigenvalue weighted by Gasteiger charge is -2.02. The van der Waals surface area contributed by atoms with E-state index in [0.717, 1.165) is 25.7 Å². The van der Waals surface area contributed by atoms with Crippen molar-refractivity contribution in [1.82, 2.24) is 0 Å². The van der Waals surface area contributed by atoms with Crippen LogP contribution in [0.5, 0.6) is 0 Å². The van der Waals surface area contributed by atoms with Gasteiger partial charge in [0.2, 0.25) is 0 Å². The average molecular weight is 365 g/mol. The monoisotopic (exact) mass is 364 g/mol. The van der Waals surface area contributed by atoms with Crippen molar-refractivity contribution >= 4 is 5.97 Å². The van der Waals surface area contributed by atoms with Gasteiger partial charge in [-0.3, -0.25) is 4.79 Å². The highest BCUT2D eigenvalue weighted by Gasteiger charge is 1.97. The summed E-state index contributed by atoms with van der Waals surface area (Å²) in [5, 5.41) is 8.56. The minimum Gasteiger partial charge on any atom is -0.481 e. The summed E-state index contributed by atoms with van der Waals surface area (Å²) >= 11 is 0. The van der Waals surface area contributed by atoms with Gasteiger partial charge in [0.1, 0.15) is 0 Å². The lowest BCUT2D eigenvalue weighted by molar-refractivity contribution is -0.137. The normalized spacial score (nSPS) is 10.5. The van der Waals surface area contributed by atoms with Crippen LogP contribution in [-0.4, -0.2) is 11.1 Å². The molecule has 0 aliphatic rings. The Morgan fingerprint density at radius 3 is 1.31 bits per heavy atom. The van der Waals surface area contributed by atoms with Gasteiger partial charge in [0.15, 0.2) is 0 Å². The summed E-state index contributed by atoms with van der Waals surface area (Å²) in [6, 6.07) is 0. The fourth-order valence-electron chi connectivity index (χ4n) is 3.25. The summed E-state index contributed by atoms with van der Waals surface area (Å²) in [6.45, 7) is 2.27. The predicted molar refractivity (Wildman–Crippen MR) is 113 cm³/mol. The van der Waals surface area contributed by atoms with Crippen LogP contribution in [0.4, 0.5) is 0 Å². The minimum absolute atomic E-state index is 0.337. The zero-order chi connectivity index (χ0) is 19.1. The van der Waals surface area contributed by atoms with E-state index in [0.29, 0.717) is 6.42 Å². The van der Waals surface area contributed by atoms with E-state index in [-0.39, 0.29) is 0 Å². The first kappa shape index (κ1) is 25.0. The van der Waals surface area contributed by atoms with Crippen LogP contribution in [0.2, 0.25) is 0 Å². The Kier molecular flexibility index (Phi) is 21.2. The van der Waals surface area contributed by atoms with E-state index < -0.39 is 5.97 Å². The summed E-state index contributed by atoms with van der Waals surface area (Å²) in [5.41, 5.74) is 0. The molecule has 0 bridgehead atoms. The van der Waals surface area contributed by atoms with Crippen LogP contribution in [0, 0.1) is 11.8 Å². The number of carboxylic acids is 1. The molecular formula is C24H44O2. The molecule has 0 radical (unpaired) electrons. The Morgan fingerprint density at radius 2 is 0.923 bits per heavy atom. The van der Waals surface area contributed by atoms with Gasteiger partial charge in [-0.25, -0.2) is 0 Å². The number of carboxylic acid groups (broad SMARTS) is 1. The quantitative estimate of drug-likeness (QED) is 0.187. The van der Waals surface area contributed by atoms with Crippen molar-refractivity contribution in [1.29, 1.82) is 0 Å². The SMILES string of the molecule is CCCCCCCCC#CCCCCCCCCCCCCCC(=O)O. The van der Waals surface area contributed by atoms with Crippen molar-refractivity contribution in [3.8, 4) is 11.8 Å². The lowest BCUT2D eigenvalue weighted by atomic mass is 10.0. The third kappa shape index (κ3) is 23.0. The number of aliphatic carboxylic acids is 1. The molecule has 0 saturated carbocycles. The van der Waals surface area contributed by atoms with Crippen molar-refractivity contribution in [3.05, 3.63) is 0 Å². The van der Waals surface area contributed by atoms with Crippen LogP contribution in [0.3, 0.4) is 0 Å². The molecule has 152 valence electrons. The first-order chi connectivity index (χ1) is 12.8. The molecule has 0 heterocycles. The molecule has 26 heavy (non-hydrogen) atoms. The van der Waals surface area contributed by atoms with E-state index in [2.05, 4.69) is 18.8 Å². The lowest BCUT2D eigenvalue weighted by Crippen LogP contribution is -1.93. The zero-order valence-corrected chi connectivity index (χ0v) is 17.5. The summed E-state index contributed by atoms with van der Waals surface area (Å²) in [5.74, 6) is 6.02. The Bertz CT molecular complexity index is 351. The van der Waals surface area contributed by atoms with Gasteiger partial charge in [0.25, 0.3) is 0 Å². The largest absolute Gasteiger partial charge is 0.481 e. The van der Waals surface area contributed by atoms with E-state index in [1.54, 1.807) is 0 Å². The minimum atomic E-state index is -0.659. The van der Waals surface area contributed by atoms with E-state index in [1.807, 2.05) is 0 Å². The Balaban J connectivity index is 3.09. The molecule has 0 aromatic carbocycles. The highest BCUT2D eigenvalue weighted by Crippen LogP contribution is 2.12. The average Bonchev–Trinajstić information content (AvgIpc) is 2.62. The van der Waals surface area contributed by atoms with Crippen LogP contribution in [0.25, 0.3) is 0 Å². The third-order valence-corrected chi connectivity index (χ3v) is 4.97. The Morgan fingerprint density at radius 1 is 0.577 bits per heavy atom. The van der Waals surface area contributed by atoms with Crippen molar-refractivity contribution in [2.24, 2.45) is 0 Å². The maximum atomic E-state index is 10.4. The fraction of sp³-hybridized carbons (Fsp3) is 0.875. The summed E-state index contributed by atoms with van der Waals surface area (Å²) in [6.07, 6.45) is 24.4. The second kappa shape index (κ2) is 22.1. The topological polar surface area (TPSA) is 37.3 Å². The zero-order valence-electron chi connectivity index (χ0n) is 17.5. The smallest absolute Gasteiger partial charge is 0.303 e. The first-order valence-corrected chi connectivity index (χ1v) is 11.4. The summed E-state index contributed by atoms with van der Waals surface area (Å²) < 4.78 is 0. The predicted octanol–water partition coefficient (Wildman–Crippen LogP) is 7.90. The van der Waals surface area contributed by atoms with E-state index >= 15 is 0 Å². The molecule has 0 aromatic rings. The van der Waals surface area contributed by atoms with Crippen LogP contribution >= 0.6 is 0 Å². The van der Waals surface area contributed by atoms with Gasteiger partial charge in [-0.15, -0.1) is 11.8 Å². The summed E-state index contributed by atoms with van der Waals surface area (Å²) in [4.78, 5) is 10.4. The van der Waals surface area contributed by atoms with Gasteiger partial charge >= 0.3 is 5.97 Å². The van der Waals surface area contributed by atoms with E-state index in [4.69, 9.17) is 5.11 Å². The van der Waals surface area contributed by atoms with E-state index in [1.165, 1.54) is 96.3 Å². The Hall–Kier alpha value is -0.970. The molecule has 0 aromatic heterocycles. The number of carbonyl (C=O) groups is 1. The first-order valence-electron chi connectivity index (χ1n) is 11.4. The standard InChI is InChI=1S/C24H44O2/c1-2-3-4-5-6-7-8-9-10-11-12-13-14-15-16-17-18-19-20-21-22-23-24(25)26/h2-8,11-23H2,1H3,(H,25,26). The number of hydrogen-bond acceptors (Lipinski definition) is 1. The van der Waals surface area contributed by atoms with Crippen molar-refractivity contribution in [2.75, 3.05) is 0 Å².